The third kappa shape index (κ3) is 2.40. The minimum atomic E-state index is -0.419. The van der Waals surface area contributed by atoms with E-state index in [1.807, 2.05) is 6.92 Å². The van der Waals surface area contributed by atoms with Gasteiger partial charge in [0.15, 0.2) is 0 Å². The molecule has 2 aliphatic rings. The Labute approximate surface area is 107 Å². The Morgan fingerprint density at radius 1 is 1.28 bits per heavy atom. The van der Waals surface area contributed by atoms with E-state index in [0.717, 1.165) is 5.56 Å². The summed E-state index contributed by atoms with van der Waals surface area (Å²) >= 11 is 0. The molecule has 96 valence electrons. The van der Waals surface area contributed by atoms with Crippen LogP contribution in [-0.2, 0) is 0 Å². The molecule has 3 heteroatoms. The molecule has 0 saturated heterocycles. The van der Waals surface area contributed by atoms with Crippen LogP contribution < -0.4 is 5.32 Å². The summed E-state index contributed by atoms with van der Waals surface area (Å²) in [6.07, 6.45) is 4.82. The lowest BCUT2D eigenvalue weighted by Crippen LogP contribution is -2.38. The van der Waals surface area contributed by atoms with E-state index in [1.54, 1.807) is 12.1 Å². The van der Waals surface area contributed by atoms with E-state index in [-0.39, 0.29) is 17.5 Å². The van der Waals surface area contributed by atoms with Gasteiger partial charge in [0.2, 0.25) is 0 Å². The summed E-state index contributed by atoms with van der Waals surface area (Å²) in [5, 5.41) is 3.04. The van der Waals surface area contributed by atoms with Gasteiger partial charge in [0.05, 0.1) is 5.56 Å². The second kappa shape index (κ2) is 4.38. The van der Waals surface area contributed by atoms with Crippen molar-refractivity contribution in [1.82, 2.24) is 5.32 Å². The molecule has 2 fully saturated rings. The molecule has 2 aliphatic carbocycles. The molecule has 0 heterocycles. The monoisotopic (exact) mass is 247 g/mol. The van der Waals surface area contributed by atoms with Crippen molar-refractivity contribution in [3.63, 3.8) is 0 Å². The first kappa shape index (κ1) is 11.7. The molecule has 0 unspecified atom stereocenters. The zero-order chi connectivity index (χ0) is 12.7. The molecule has 2 nitrogen and oxygen atoms in total. The van der Waals surface area contributed by atoms with E-state index < -0.39 is 5.82 Å². The average molecular weight is 247 g/mol. The molecule has 1 aromatic carbocycles. The standard InChI is InChI=1S/C15H18FNO/c1-9-2-7-12(13(16)8-9)15(18)17-14(10-3-4-10)11-5-6-11/h2,7-8,10-11,14H,3-6H2,1H3,(H,17,18). The smallest absolute Gasteiger partial charge is 0.254 e. The number of nitrogens with one attached hydrogen (secondary N) is 1. The van der Waals surface area contributed by atoms with Crippen LogP contribution in [0.1, 0.15) is 41.6 Å². The lowest BCUT2D eigenvalue weighted by atomic mass is 10.1. The largest absolute Gasteiger partial charge is 0.349 e. The van der Waals surface area contributed by atoms with Crippen LogP contribution in [0.4, 0.5) is 4.39 Å². The fourth-order valence-corrected chi connectivity index (χ4v) is 2.56. The Hall–Kier alpha value is -1.38. The first-order valence-corrected chi connectivity index (χ1v) is 6.72. The zero-order valence-electron chi connectivity index (χ0n) is 10.6. The maximum atomic E-state index is 13.7. The SMILES string of the molecule is Cc1ccc(C(=O)NC(C2CC2)C2CC2)c(F)c1. The Bertz CT molecular complexity index is 465. The number of hydrogen-bond donors (Lipinski definition) is 1. The van der Waals surface area contributed by atoms with Crippen LogP contribution in [0.3, 0.4) is 0 Å². The van der Waals surface area contributed by atoms with Crippen molar-refractivity contribution < 1.29 is 9.18 Å². The van der Waals surface area contributed by atoms with Gasteiger partial charge in [-0.1, -0.05) is 6.07 Å². The van der Waals surface area contributed by atoms with E-state index in [1.165, 1.54) is 31.7 Å². The van der Waals surface area contributed by atoms with Crippen LogP contribution in [0.25, 0.3) is 0 Å². The number of benzene rings is 1. The maximum Gasteiger partial charge on any atom is 0.254 e. The minimum Gasteiger partial charge on any atom is -0.349 e. The second-order valence-electron chi connectivity index (χ2n) is 5.66. The maximum absolute atomic E-state index is 13.7. The molecule has 2 saturated carbocycles. The molecule has 18 heavy (non-hydrogen) atoms. The molecule has 3 rings (SSSR count). The van der Waals surface area contributed by atoms with Crippen LogP contribution >= 0.6 is 0 Å². The van der Waals surface area contributed by atoms with E-state index in [2.05, 4.69) is 5.32 Å². The molecular weight excluding hydrogens is 229 g/mol. The zero-order valence-corrected chi connectivity index (χ0v) is 10.6. The minimum absolute atomic E-state index is 0.173. The average Bonchev–Trinajstić information content (AvgIpc) is 3.17. The van der Waals surface area contributed by atoms with Crippen LogP contribution in [0.5, 0.6) is 0 Å². The van der Waals surface area contributed by atoms with Crippen molar-refractivity contribution in [2.45, 2.75) is 38.6 Å². The van der Waals surface area contributed by atoms with E-state index >= 15 is 0 Å². The molecule has 1 N–H and O–H groups in total. The highest BCUT2D eigenvalue weighted by Crippen LogP contribution is 2.44. The number of carbonyl (C=O) groups is 1. The summed E-state index contributed by atoms with van der Waals surface area (Å²) in [6.45, 7) is 1.82. The van der Waals surface area contributed by atoms with Crippen LogP contribution in [0.15, 0.2) is 18.2 Å². The molecule has 1 aromatic rings. The molecule has 0 aliphatic heterocycles. The number of aryl methyl sites for hydroxylation is 1. The quantitative estimate of drug-likeness (QED) is 0.870. The van der Waals surface area contributed by atoms with E-state index in [4.69, 9.17) is 0 Å². The van der Waals surface area contributed by atoms with Gasteiger partial charge in [-0.15, -0.1) is 0 Å². The second-order valence-corrected chi connectivity index (χ2v) is 5.66. The Morgan fingerprint density at radius 2 is 1.89 bits per heavy atom. The molecule has 0 radical (unpaired) electrons. The van der Waals surface area contributed by atoms with Gasteiger partial charge in [0.1, 0.15) is 5.82 Å². The first-order valence-electron chi connectivity index (χ1n) is 6.72. The predicted octanol–water partition coefficient (Wildman–Crippen LogP) is 3.05. The number of carbonyl (C=O) groups excluding carboxylic acids is 1. The van der Waals surface area contributed by atoms with Gasteiger partial charge in [-0.25, -0.2) is 4.39 Å². The van der Waals surface area contributed by atoms with Gasteiger partial charge in [-0.05, 0) is 62.1 Å². The fourth-order valence-electron chi connectivity index (χ4n) is 2.56. The lowest BCUT2D eigenvalue weighted by molar-refractivity contribution is 0.0922. The normalized spacial score (nSPS) is 19.1. The van der Waals surface area contributed by atoms with Crippen molar-refractivity contribution in [2.24, 2.45) is 11.8 Å². The van der Waals surface area contributed by atoms with E-state index in [0.29, 0.717) is 11.8 Å². The van der Waals surface area contributed by atoms with Crippen molar-refractivity contribution in [3.8, 4) is 0 Å². The lowest BCUT2D eigenvalue weighted by Gasteiger charge is -2.17. The van der Waals surface area contributed by atoms with Crippen molar-refractivity contribution in [1.29, 1.82) is 0 Å². The molecule has 0 bridgehead atoms. The fraction of sp³-hybridized carbons (Fsp3) is 0.533. The van der Waals surface area contributed by atoms with Crippen LogP contribution in [0, 0.1) is 24.6 Å². The van der Waals surface area contributed by atoms with Gasteiger partial charge in [-0.2, -0.15) is 0 Å². The topological polar surface area (TPSA) is 29.1 Å². The Balaban J connectivity index is 1.73. The van der Waals surface area contributed by atoms with Crippen molar-refractivity contribution in [3.05, 3.63) is 35.1 Å². The molecular formula is C15H18FNO. The van der Waals surface area contributed by atoms with Gasteiger partial charge in [0.25, 0.3) is 5.91 Å². The molecule has 0 spiro atoms. The van der Waals surface area contributed by atoms with Gasteiger partial charge in [-0.3, -0.25) is 4.79 Å². The molecule has 0 atom stereocenters. The molecule has 1 amide bonds. The van der Waals surface area contributed by atoms with Crippen molar-refractivity contribution in [2.75, 3.05) is 0 Å². The summed E-state index contributed by atoms with van der Waals surface area (Å²) in [7, 11) is 0. The summed E-state index contributed by atoms with van der Waals surface area (Å²) in [4.78, 5) is 12.1. The van der Waals surface area contributed by atoms with Gasteiger partial charge in [0, 0.05) is 6.04 Å². The highest BCUT2D eigenvalue weighted by atomic mass is 19.1. The first-order chi connectivity index (χ1) is 8.65. The number of rotatable bonds is 4. The number of amides is 1. The number of hydrogen-bond acceptors (Lipinski definition) is 1. The van der Waals surface area contributed by atoms with Gasteiger partial charge >= 0.3 is 0 Å². The van der Waals surface area contributed by atoms with Gasteiger partial charge < -0.3 is 5.32 Å². The Morgan fingerprint density at radius 3 is 2.39 bits per heavy atom. The third-order valence-corrected chi connectivity index (χ3v) is 3.93. The van der Waals surface area contributed by atoms with Crippen molar-refractivity contribution >= 4 is 5.91 Å². The third-order valence-electron chi connectivity index (χ3n) is 3.93. The summed E-state index contributed by atoms with van der Waals surface area (Å²) in [5.41, 5.74) is 1.01. The van der Waals surface area contributed by atoms with Crippen LogP contribution in [-0.4, -0.2) is 11.9 Å². The summed E-state index contributed by atoms with van der Waals surface area (Å²) in [5.74, 6) is 0.596. The highest BCUT2D eigenvalue weighted by Gasteiger charge is 2.42. The Kier molecular flexibility index (Phi) is 2.84. The predicted molar refractivity (Wildman–Crippen MR) is 67.8 cm³/mol. The van der Waals surface area contributed by atoms with E-state index in [9.17, 15) is 9.18 Å². The molecule has 0 aromatic heterocycles. The highest BCUT2D eigenvalue weighted by molar-refractivity contribution is 5.94. The number of halogens is 1. The van der Waals surface area contributed by atoms with Crippen LogP contribution in [0.2, 0.25) is 0 Å². The summed E-state index contributed by atoms with van der Waals surface area (Å²) < 4.78 is 13.7. The summed E-state index contributed by atoms with van der Waals surface area (Å²) in [6, 6.07) is 5.05.